The van der Waals surface area contributed by atoms with Crippen molar-refractivity contribution >= 4 is 40.7 Å². The van der Waals surface area contributed by atoms with E-state index in [1.165, 1.54) is 43.5 Å². The molecule has 0 radical (unpaired) electrons. The number of nitro groups is 1. The zero-order valence-corrected chi connectivity index (χ0v) is 21.2. The normalized spacial score (nSPS) is 12.5. The first kappa shape index (κ1) is 26.4. The first-order valence-electron chi connectivity index (χ1n) is 11.4. The minimum absolute atomic E-state index is 0.0513. The molecule has 1 N–H and O–H groups in total. The second-order valence-corrected chi connectivity index (χ2v) is 8.54. The zero-order valence-electron chi connectivity index (χ0n) is 20.5. The van der Waals surface area contributed by atoms with Crippen LogP contribution in [0.5, 0.6) is 17.2 Å². The molecular weight excluding hydrogens is 516 g/mol. The van der Waals surface area contributed by atoms with Crippen molar-refractivity contribution in [1.29, 1.82) is 0 Å². The summed E-state index contributed by atoms with van der Waals surface area (Å²) in [4.78, 5) is 35.2. The van der Waals surface area contributed by atoms with Crippen LogP contribution in [-0.2, 0) is 11.2 Å². The molecule has 38 heavy (non-hydrogen) atoms. The number of nitrogens with zero attached hydrogens (tertiary/aromatic N) is 3. The number of carbonyl (C=O) groups excluding carboxylic acids is 2. The van der Waals surface area contributed by atoms with Gasteiger partial charge in [0.15, 0.2) is 11.5 Å². The van der Waals surface area contributed by atoms with Crippen LogP contribution in [0.2, 0.25) is 5.02 Å². The number of hydrazone groups is 1. The molecule has 0 spiro atoms. The lowest BCUT2D eigenvalue weighted by atomic mass is 10.1. The number of amides is 2. The van der Waals surface area contributed by atoms with Gasteiger partial charge in [-0.05, 0) is 41.5 Å². The summed E-state index contributed by atoms with van der Waals surface area (Å²) in [7, 11) is 3.02. The van der Waals surface area contributed by atoms with E-state index in [2.05, 4.69) is 10.4 Å². The second kappa shape index (κ2) is 11.6. The number of non-ortho nitro benzene ring substituents is 1. The number of ether oxygens (including phenoxy) is 3. The highest BCUT2D eigenvalue weighted by atomic mass is 35.5. The summed E-state index contributed by atoms with van der Waals surface area (Å²) >= 11 is 6.32. The van der Waals surface area contributed by atoms with Crippen molar-refractivity contribution < 1.29 is 28.7 Å². The number of carbonyl (C=O) groups is 2. The van der Waals surface area contributed by atoms with Gasteiger partial charge in [0.2, 0.25) is 5.91 Å². The fourth-order valence-electron chi connectivity index (χ4n) is 3.76. The number of benzene rings is 3. The third-order valence-corrected chi connectivity index (χ3v) is 6.06. The molecule has 0 unspecified atom stereocenters. The molecule has 1 aliphatic rings. The Morgan fingerprint density at radius 1 is 1.05 bits per heavy atom. The highest BCUT2D eigenvalue weighted by Crippen LogP contribution is 2.33. The van der Waals surface area contributed by atoms with Gasteiger partial charge in [0.1, 0.15) is 5.75 Å². The van der Waals surface area contributed by atoms with E-state index in [0.717, 1.165) is 11.3 Å². The van der Waals surface area contributed by atoms with E-state index in [9.17, 15) is 19.7 Å². The van der Waals surface area contributed by atoms with Gasteiger partial charge in [0.05, 0.1) is 37.8 Å². The van der Waals surface area contributed by atoms with Gasteiger partial charge in [-0.2, -0.15) is 5.10 Å². The zero-order chi connectivity index (χ0) is 27.2. The summed E-state index contributed by atoms with van der Waals surface area (Å²) in [6.07, 6.45) is -0.119. The lowest BCUT2D eigenvalue weighted by Crippen LogP contribution is -2.25. The van der Waals surface area contributed by atoms with Gasteiger partial charge < -0.3 is 14.2 Å². The van der Waals surface area contributed by atoms with Crippen LogP contribution >= 0.6 is 11.6 Å². The molecule has 0 saturated carbocycles. The fourth-order valence-corrected chi connectivity index (χ4v) is 3.98. The number of anilines is 1. The SMILES string of the molecule is COc1cc(Cl)c(CC(=O)N2CCC(c3ccc(NC(=O)Oc4ccc([N+](=O)[O-])cc4)cc3)=N2)cc1OC. The van der Waals surface area contributed by atoms with Gasteiger partial charge in [0, 0.05) is 35.3 Å². The highest BCUT2D eigenvalue weighted by Gasteiger charge is 2.23. The molecule has 2 amide bonds. The first-order valence-corrected chi connectivity index (χ1v) is 11.8. The second-order valence-electron chi connectivity index (χ2n) is 8.13. The molecule has 4 rings (SSSR count). The van der Waals surface area contributed by atoms with E-state index >= 15 is 0 Å². The van der Waals surface area contributed by atoms with Crippen LogP contribution in [0.4, 0.5) is 16.2 Å². The average Bonchev–Trinajstić information content (AvgIpc) is 3.41. The minimum atomic E-state index is -0.740. The average molecular weight is 539 g/mol. The highest BCUT2D eigenvalue weighted by molar-refractivity contribution is 6.31. The molecule has 0 fully saturated rings. The van der Waals surface area contributed by atoms with E-state index in [-0.39, 0.29) is 23.8 Å². The Balaban J connectivity index is 1.35. The van der Waals surface area contributed by atoms with Gasteiger partial charge >= 0.3 is 6.09 Å². The molecule has 3 aromatic rings. The minimum Gasteiger partial charge on any atom is -0.493 e. The maximum Gasteiger partial charge on any atom is 0.417 e. The van der Waals surface area contributed by atoms with Crippen LogP contribution in [0.3, 0.4) is 0 Å². The van der Waals surface area contributed by atoms with Crippen molar-refractivity contribution in [3.8, 4) is 17.2 Å². The van der Waals surface area contributed by atoms with Gasteiger partial charge in [0.25, 0.3) is 5.69 Å². The molecule has 1 aliphatic heterocycles. The molecule has 0 atom stereocenters. The first-order chi connectivity index (χ1) is 18.3. The molecular formula is C26H23ClN4O7. The smallest absolute Gasteiger partial charge is 0.417 e. The molecule has 12 heteroatoms. The van der Waals surface area contributed by atoms with Crippen LogP contribution in [0.25, 0.3) is 0 Å². The van der Waals surface area contributed by atoms with Crippen molar-refractivity contribution in [3.63, 3.8) is 0 Å². The summed E-state index contributed by atoms with van der Waals surface area (Å²) in [6, 6.07) is 15.4. The van der Waals surface area contributed by atoms with Crippen molar-refractivity contribution in [2.45, 2.75) is 12.8 Å². The summed E-state index contributed by atoms with van der Waals surface area (Å²) in [5.41, 5.74) is 2.52. The largest absolute Gasteiger partial charge is 0.493 e. The van der Waals surface area contributed by atoms with Crippen LogP contribution in [0, 0.1) is 10.1 Å². The van der Waals surface area contributed by atoms with E-state index in [4.69, 9.17) is 25.8 Å². The number of halogens is 1. The van der Waals surface area contributed by atoms with Gasteiger partial charge in [-0.25, -0.2) is 9.80 Å². The summed E-state index contributed by atoms with van der Waals surface area (Å²) in [5, 5.41) is 19.6. The maximum absolute atomic E-state index is 12.9. The van der Waals surface area contributed by atoms with Crippen molar-refractivity contribution in [2.24, 2.45) is 5.10 Å². The van der Waals surface area contributed by atoms with E-state index in [1.807, 2.05) is 0 Å². The molecule has 0 bridgehead atoms. The number of nitrogens with one attached hydrogen (secondary N) is 1. The van der Waals surface area contributed by atoms with Crippen LogP contribution in [-0.4, -0.2) is 48.4 Å². The van der Waals surface area contributed by atoms with E-state index in [0.29, 0.717) is 40.7 Å². The lowest BCUT2D eigenvalue weighted by Gasteiger charge is -2.14. The molecule has 3 aromatic carbocycles. The third-order valence-electron chi connectivity index (χ3n) is 5.71. The van der Waals surface area contributed by atoms with Crippen molar-refractivity contribution in [1.82, 2.24) is 5.01 Å². The lowest BCUT2D eigenvalue weighted by molar-refractivity contribution is -0.384. The van der Waals surface area contributed by atoms with E-state index < -0.39 is 11.0 Å². The Bertz CT molecular complexity index is 1390. The fraction of sp³-hybridized carbons (Fsp3) is 0.192. The van der Waals surface area contributed by atoms with Crippen LogP contribution in [0.1, 0.15) is 17.5 Å². The molecule has 1 heterocycles. The molecule has 0 saturated heterocycles. The topological polar surface area (TPSA) is 133 Å². The monoisotopic (exact) mass is 538 g/mol. The van der Waals surface area contributed by atoms with Crippen molar-refractivity contribution in [3.05, 3.63) is 86.9 Å². The number of hydrogen-bond acceptors (Lipinski definition) is 8. The van der Waals surface area contributed by atoms with Crippen LogP contribution < -0.4 is 19.5 Å². The Morgan fingerprint density at radius 3 is 2.34 bits per heavy atom. The van der Waals surface area contributed by atoms with Gasteiger partial charge in [-0.15, -0.1) is 0 Å². The van der Waals surface area contributed by atoms with Gasteiger partial charge in [-0.3, -0.25) is 20.2 Å². The predicted octanol–water partition coefficient (Wildman–Crippen LogP) is 5.06. The number of rotatable bonds is 8. The Kier molecular flexibility index (Phi) is 8.07. The molecule has 0 aliphatic carbocycles. The summed E-state index contributed by atoms with van der Waals surface area (Å²) in [6.45, 7) is 0.431. The maximum atomic E-state index is 12.9. The molecule has 0 aromatic heterocycles. The van der Waals surface area contributed by atoms with E-state index in [1.54, 1.807) is 36.4 Å². The Labute approximate surface area is 222 Å². The summed E-state index contributed by atoms with van der Waals surface area (Å²) < 4.78 is 15.7. The molecule has 11 nitrogen and oxygen atoms in total. The van der Waals surface area contributed by atoms with Crippen molar-refractivity contribution in [2.75, 3.05) is 26.1 Å². The van der Waals surface area contributed by atoms with Gasteiger partial charge in [-0.1, -0.05) is 23.7 Å². The standard InChI is InChI=1S/C26H23ClN4O7/c1-36-23-13-17(21(27)15-24(23)37-2)14-25(32)30-12-11-22(29-30)16-3-5-18(6-4-16)28-26(33)38-20-9-7-19(8-10-20)31(34)35/h3-10,13,15H,11-12,14H2,1-2H3,(H,28,33). The third kappa shape index (κ3) is 6.19. The predicted molar refractivity (Wildman–Crippen MR) is 140 cm³/mol. The summed E-state index contributed by atoms with van der Waals surface area (Å²) in [5.74, 6) is 0.925. The number of hydrogen-bond donors (Lipinski definition) is 1. The molecule has 196 valence electrons. The quantitative estimate of drug-likeness (QED) is 0.313. The number of nitro benzene ring substituents is 1. The van der Waals surface area contributed by atoms with Crippen LogP contribution in [0.15, 0.2) is 65.8 Å². The number of methoxy groups -OCH3 is 2. The Morgan fingerprint density at radius 2 is 1.71 bits per heavy atom. The Hall–Kier alpha value is -4.64.